The summed E-state index contributed by atoms with van der Waals surface area (Å²) in [6.07, 6.45) is 5.65. The lowest BCUT2D eigenvalue weighted by molar-refractivity contribution is -0.138. The molecule has 0 aromatic carbocycles. The fraction of sp³-hybridized carbons (Fsp3) is 0.706. The number of hydrogen-bond donors (Lipinski definition) is 2. The predicted octanol–water partition coefficient (Wildman–Crippen LogP) is 1.74. The fourth-order valence-electron chi connectivity index (χ4n) is 3.61. The fourth-order valence-corrected chi connectivity index (χ4v) is 3.61. The number of aromatic nitrogens is 2. The molecule has 24 heavy (non-hydrogen) atoms. The number of hydrogen-bond acceptors (Lipinski definition) is 3. The second-order valence-corrected chi connectivity index (χ2v) is 7.08. The normalized spacial score (nSPS) is 17.4. The van der Waals surface area contributed by atoms with Crippen LogP contribution >= 0.6 is 0 Å². The SMILES string of the molecule is Cc1nn(C)cc1[C@H](C)NC(=O)NCC1(C(=O)N(C)C)CCCC1. The van der Waals surface area contributed by atoms with Crippen LogP contribution in [0.3, 0.4) is 0 Å². The van der Waals surface area contributed by atoms with Crippen molar-refractivity contribution in [3.8, 4) is 0 Å². The summed E-state index contributed by atoms with van der Waals surface area (Å²) in [5.41, 5.74) is 1.45. The highest BCUT2D eigenvalue weighted by atomic mass is 16.2. The highest BCUT2D eigenvalue weighted by molar-refractivity contribution is 5.84. The van der Waals surface area contributed by atoms with Gasteiger partial charge in [0.1, 0.15) is 0 Å². The summed E-state index contributed by atoms with van der Waals surface area (Å²) in [7, 11) is 5.41. The summed E-state index contributed by atoms with van der Waals surface area (Å²) >= 11 is 0. The first-order chi connectivity index (χ1) is 11.2. The molecule has 0 radical (unpaired) electrons. The van der Waals surface area contributed by atoms with Crippen molar-refractivity contribution in [2.45, 2.75) is 45.6 Å². The Morgan fingerprint density at radius 3 is 2.50 bits per heavy atom. The van der Waals surface area contributed by atoms with E-state index in [0.29, 0.717) is 6.54 Å². The maximum absolute atomic E-state index is 12.5. The first-order valence-electron chi connectivity index (χ1n) is 8.51. The summed E-state index contributed by atoms with van der Waals surface area (Å²) < 4.78 is 1.74. The van der Waals surface area contributed by atoms with Crippen molar-refractivity contribution in [1.29, 1.82) is 0 Å². The number of urea groups is 1. The van der Waals surface area contributed by atoms with Crippen LogP contribution in [0.15, 0.2) is 6.20 Å². The zero-order valence-electron chi connectivity index (χ0n) is 15.3. The van der Waals surface area contributed by atoms with Gasteiger partial charge in [-0.05, 0) is 26.7 Å². The Balaban J connectivity index is 1.94. The molecule has 0 aliphatic heterocycles. The molecule has 0 bridgehead atoms. The van der Waals surface area contributed by atoms with E-state index in [-0.39, 0.29) is 18.0 Å². The van der Waals surface area contributed by atoms with Crippen LogP contribution in [-0.4, -0.2) is 47.3 Å². The van der Waals surface area contributed by atoms with Crippen LogP contribution in [-0.2, 0) is 11.8 Å². The second kappa shape index (κ2) is 7.23. The van der Waals surface area contributed by atoms with Gasteiger partial charge in [-0.3, -0.25) is 9.48 Å². The third-order valence-corrected chi connectivity index (χ3v) is 4.87. The average molecular weight is 335 g/mol. The van der Waals surface area contributed by atoms with Gasteiger partial charge in [-0.15, -0.1) is 0 Å². The van der Waals surface area contributed by atoms with Crippen LogP contribution in [0.2, 0.25) is 0 Å². The van der Waals surface area contributed by atoms with Crippen molar-refractivity contribution in [2.24, 2.45) is 12.5 Å². The molecule has 1 saturated carbocycles. The van der Waals surface area contributed by atoms with Crippen molar-refractivity contribution in [3.63, 3.8) is 0 Å². The van der Waals surface area contributed by atoms with Crippen LogP contribution in [0.25, 0.3) is 0 Å². The van der Waals surface area contributed by atoms with Crippen LogP contribution in [0.4, 0.5) is 4.79 Å². The van der Waals surface area contributed by atoms with Crippen LogP contribution in [0, 0.1) is 12.3 Å². The first-order valence-corrected chi connectivity index (χ1v) is 8.51. The smallest absolute Gasteiger partial charge is 0.315 e. The molecule has 134 valence electrons. The highest BCUT2D eigenvalue weighted by Gasteiger charge is 2.42. The molecule has 0 spiro atoms. The zero-order valence-corrected chi connectivity index (χ0v) is 15.3. The molecule has 7 heteroatoms. The lowest BCUT2D eigenvalue weighted by Crippen LogP contribution is -2.48. The number of aryl methyl sites for hydroxylation is 2. The van der Waals surface area contributed by atoms with Crippen molar-refractivity contribution in [1.82, 2.24) is 25.3 Å². The molecule has 0 saturated heterocycles. The van der Waals surface area contributed by atoms with E-state index in [4.69, 9.17) is 0 Å². The van der Waals surface area contributed by atoms with Gasteiger partial charge in [0.15, 0.2) is 0 Å². The van der Waals surface area contributed by atoms with E-state index >= 15 is 0 Å². The molecule has 2 rings (SSSR count). The van der Waals surface area contributed by atoms with Crippen LogP contribution in [0.5, 0.6) is 0 Å². The third-order valence-electron chi connectivity index (χ3n) is 4.87. The molecule has 2 N–H and O–H groups in total. The van der Waals surface area contributed by atoms with E-state index in [2.05, 4.69) is 15.7 Å². The van der Waals surface area contributed by atoms with Crippen LogP contribution in [0.1, 0.15) is 49.9 Å². The van der Waals surface area contributed by atoms with Crippen molar-refractivity contribution >= 4 is 11.9 Å². The van der Waals surface area contributed by atoms with E-state index < -0.39 is 5.41 Å². The lowest BCUT2D eigenvalue weighted by atomic mass is 9.84. The van der Waals surface area contributed by atoms with Gasteiger partial charge in [0.2, 0.25) is 5.91 Å². The Morgan fingerprint density at radius 1 is 1.38 bits per heavy atom. The van der Waals surface area contributed by atoms with Crippen molar-refractivity contribution < 1.29 is 9.59 Å². The third kappa shape index (κ3) is 3.88. The van der Waals surface area contributed by atoms with Gasteiger partial charge in [0, 0.05) is 39.4 Å². The Kier molecular flexibility index (Phi) is 5.51. The molecule has 1 aliphatic carbocycles. The van der Waals surface area contributed by atoms with E-state index in [1.165, 1.54) is 0 Å². The minimum Gasteiger partial charge on any atom is -0.348 e. The topological polar surface area (TPSA) is 79.3 Å². The molecular formula is C17H29N5O2. The van der Waals surface area contributed by atoms with Crippen molar-refractivity contribution in [3.05, 3.63) is 17.5 Å². The van der Waals surface area contributed by atoms with Gasteiger partial charge in [-0.1, -0.05) is 12.8 Å². The quantitative estimate of drug-likeness (QED) is 0.860. The average Bonchev–Trinajstić information content (AvgIpc) is 3.11. The number of nitrogens with one attached hydrogen (secondary N) is 2. The van der Waals surface area contributed by atoms with Gasteiger partial charge in [-0.2, -0.15) is 5.10 Å². The second-order valence-electron chi connectivity index (χ2n) is 7.08. The molecule has 1 fully saturated rings. The van der Waals surface area contributed by atoms with Crippen LogP contribution < -0.4 is 10.6 Å². The number of carbonyl (C=O) groups is 2. The van der Waals surface area contributed by atoms with Gasteiger partial charge < -0.3 is 15.5 Å². The summed E-state index contributed by atoms with van der Waals surface area (Å²) in [5, 5.41) is 10.1. The first kappa shape index (κ1) is 18.3. The summed E-state index contributed by atoms with van der Waals surface area (Å²) in [6, 6.07) is -0.383. The van der Waals surface area contributed by atoms with Gasteiger partial charge in [0.25, 0.3) is 0 Å². The summed E-state index contributed by atoms with van der Waals surface area (Å²) in [4.78, 5) is 26.4. The largest absolute Gasteiger partial charge is 0.348 e. The van der Waals surface area contributed by atoms with Gasteiger partial charge in [-0.25, -0.2) is 4.79 Å². The molecule has 1 heterocycles. The maximum Gasteiger partial charge on any atom is 0.315 e. The molecule has 7 nitrogen and oxygen atoms in total. The molecule has 1 aliphatic rings. The van der Waals surface area contributed by atoms with E-state index in [1.807, 2.05) is 27.1 Å². The summed E-state index contributed by atoms with van der Waals surface area (Å²) in [5.74, 6) is 0.108. The molecule has 0 unspecified atom stereocenters. The van der Waals surface area contributed by atoms with Crippen molar-refractivity contribution in [2.75, 3.05) is 20.6 Å². The number of rotatable bonds is 5. The van der Waals surface area contributed by atoms with Gasteiger partial charge in [0.05, 0.1) is 17.2 Å². The highest BCUT2D eigenvalue weighted by Crippen LogP contribution is 2.38. The number of nitrogens with zero attached hydrogens (tertiary/aromatic N) is 3. The Hall–Kier alpha value is -2.05. The standard InChI is InChI=1S/C17H29N5O2/c1-12(14-10-22(5)20-13(14)2)19-16(24)18-11-17(8-6-7-9-17)15(23)21(3)4/h10,12H,6-9,11H2,1-5H3,(H2,18,19,24)/t12-/m0/s1. The van der Waals surface area contributed by atoms with E-state index in [0.717, 1.165) is 36.9 Å². The molecule has 1 atom stereocenters. The lowest BCUT2D eigenvalue weighted by Gasteiger charge is -2.31. The number of carbonyl (C=O) groups excluding carboxylic acids is 2. The number of amides is 3. The monoisotopic (exact) mass is 335 g/mol. The zero-order chi connectivity index (χ0) is 17.9. The Bertz CT molecular complexity index is 602. The van der Waals surface area contributed by atoms with E-state index in [9.17, 15) is 9.59 Å². The molecule has 1 aromatic heterocycles. The van der Waals surface area contributed by atoms with Gasteiger partial charge >= 0.3 is 6.03 Å². The molecule has 1 aromatic rings. The minimum atomic E-state index is -0.450. The van der Waals surface area contributed by atoms with E-state index in [1.54, 1.807) is 23.7 Å². The summed E-state index contributed by atoms with van der Waals surface area (Å²) in [6.45, 7) is 4.24. The Labute approximate surface area is 143 Å². The maximum atomic E-state index is 12.5. The molecular weight excluding hydrogens is 306 g/mol. The minimum absolute atomic E-state index is 0.108. The predicted molar refractivity (Wildman–Crippen MR) is 92.5 cm³/mol. The molecule has 3 amide bonds. The Morgan fingerprint density at radius 2 is 2.00 bits per heavy atom.